The topological polar surface area (TPSA) is 61.9 Å². The average Bonchev–Trinajstić information content (AvgIpc) is 2.91. The molecule has 3 rings (SSSR count). The van der Waals surface area contributed by atoms with Crippen molar-refractivity contribution in [3.63, 3.8) is 0 Å². The first-order chi connectivity index (χ1) is 11.2. The van der Waals surface area contributed by atoms with E-state index in [0.29, 0.717) is 18.0 Å². The van der Waals surface area contributed by atoms with Gasteiger partial charge in [-0.1, -0.05) is 30.3 Å². The lowest BCUT2D eigenvalue weighted by Crippen LogP contribution is -2.30. The summed E-state index contributed by atoms with van der Waals surface area (Å²) in [6, 6.07) is 11.3. The van der Waals surface area contributed by atoms with E-state index in [1.54, 1.807) is 18.0 Å². The summed E-state index contributed by atoms with van der Waals surface area (Å²) in [6.07, 6.45) is 3.61. The third kappa shape index (κ3) is 4.43. The van der Waals surface area contributed by atoms with E-state index >= 15 is 0 Å². The Kier molecular flexibility index (Phi) is 5.48. The van der Waals surface area contributed by atoms with Gasteiger partial charge in [-0.25, -0.2) is 4.98 Å². The number of nitrogens with one attached hydrogen (secondary N) is 3. The van der Waals surface area contributed by atoms with Crippen molar-refractivity contribution in [1.82, 2.24) is 20.8 Å². The highest BCUT2D eigenvalue weighted by Gasteiger charge is 2.29. The predicted octanol–water partition coefficient (Wildman–Crippen LogP) is 2.68. The van der Waals surface area contributed by atoms with Gasteiger partial charge >= 0.3 is 0 Å². The molecule has 23 heavy (non-hydrogen) atoms. The van der Waals surface area contributed by atoms with Crippen molar-refractivity contribution in [1.29, 1.82) is 0 Å². The maximum absolute atomic E-state index is 4.65. The van der Waals surface area contributed by atoms with Gasteiger partial charge in [-0.3, -0.25) is 15.8 Å². The summed E-state index contributed by atoms with van der Waals surface area (Å²) in [7, 11) is 0. The first-order valence-electron chi connectivity index (χ1n) is 7.96. The fourth-order valence-corrected chi connectivity index (χ4v) is 3.53. The molecule has 2 heterocycles. The maximum atomic E-state index is 4.65. The smallest absolute Gasteiger partial charge is 0.145 e. The molecule has 2 aromatic rings. The first kappa shape index (κ1) is 16.2. The highest BCUT2D eigenvalue weighted by molar-refractivity contribution is 7.98. The Bertz CT molecular complexity index is 611. The van der Waals surface area contributed by atoms with Crippen LogP contribution >= 0.6 is 11.8 Å². The van der Waals surface area contributed by atoms with Gasteiger partial charge < -0.3 is 5.32 Å². The second-order valence-corrected chi connectivity index (χ2v) is 6.92. The molecule has 5 nitrogen and oxygen atoms in total. The quantitative estimate of drug-likeness (QED) is 0.708. The number of nitrogens with zero attached hydrogens (tertiary/aromatic N) is 2. The molecule has 0 amide bonds. The SMILES string of the molecule is CC1NNC(C)C1CNc1cncc(SCc2ccccc2)n1. The molecule has 3 N–H and O–H groups in total. The Morgan fingerprint density at radius 3 is 2.57 bits per heavy atom. The highest BCUT2D eigenvalue weighted by atomic mass is 32.2. The molecule has 2 unspecified atom stereocenters. The fraction of sp³-hybridized carbons (Fsp3) is 0.412. The predicted molar refractivity (Wildman–Crippen MR) is 95.2 cm³/mol. The Balaban J connectivity index is 1.55. The summed E-state index contributed by atoms with van der Waals surface area (Å²) in [4.78, 5) is 8.95. The number of aromatic nitrogens is 2. The third-order valence-corrected chi connectivity index (χ3v) is 5.15. The molecular weight excluding hydrogens is 306 g/mol. The van der Waals surface area contributed by atoms with Crippen LogP contribution in [0.4, 0.5) is 5.82 Å². The molecule has 2 atom stereocenters. The number of thioether (sulfide) groups is 1. The summed E-state index contributed by atoms with van der Waals surface area (Å²) >= 11 is 1.71. The molecule has 1 aliphatic rings. The van der Waals surface area contributed by atoms with Gasteiger partial charge in [0, 0.05) is 30.3 Å². The minimum absolute atomic E-state index is 0.445. The van der Waals surface area contributed by atoms with Gasteiger partial charge in [-0.05, 0) is 19.4 Å². The van der Waals surface area contributed by atoms with Crippen LogP contribution in [0, 0.1) is 5.92 Å². The second-order valence-electron chi connectivity index (χ2n) is 5.93. The van der Waals surface area contributed by atoms with Crippen molar-refractivity contribution >= 4 is 17.6 Å². The van der Waals surface area contributed by atoms with Crippen molar-refractivity contribution in [3.05, 3.63) is 48.3 Å². The minimum Gasteiger partial charge on any atom is -0.368 e. The van der Waals surface area contributed by atoms with Crippen molar-refractivity contribution < 1.29 is 0 Å². The number of hydrazine groups is 1. The highest BCUT2D eigenvalue weighted by Crippen LogP contribution is 2.21. The summed E-state index contributed by atoms with van der Waals surface area (Å²) in [6.45, 7) is 5.27. The molecule has 0 aliphatic carbocycles. The van der Waals surface area contributed by atoms with Gasteiger partial charge in [0.25, 0.3) is 0 Å². The lowest BCUT2D eigenvalue weighted by atomic mass is 9.97. The van der Waals surface area contributed by atoms with Gasteiger partial charge in [0.15, 0.2) is 0 Å². The average molecular weight is 329 g/mol. The van der Waals surface area contributed by atoms with Crippen LogP contribution in [0.3, 0.4) is 0 Å². The van der Waals surface area contributed by atoms with Crippen LogP contribution in [-0.2, 0) is 5.75 Å². The van der Waals surface area contributed by atoms with E-state index in [0.717, 1.165) is 23.1 Å². The number of benzene rings is 1. The lowest BCUT2D eigenvalue weighted by Gasteiger charge is -2.18. The Morgan fingerprint density at radius 2 is 1.83 bits per heavy atom. The molecule has 1 fully saturated rings. The zero-order valence-electron chi connectivity index (χ0n) is 13.5. The zero-order valence-corrected chi connectivity index (χ0v) is 14.3. The maximum Gasteiger partial charge on any atom is 0.145 e. The Hall–Kier alpha value is -1.63. The van der Waals surface area contributed by atoms with Crippen molar-refractivity contribution in [2.45, 2.75) is 36.7 Å². The minimum atomic E-state index is 0.445. The normalized spacial score (nSPS) is 23.8. The summed E-state index contributed by atoms with van der Waals surface area (Å²) in [5.41, 5.74) is 7.85. The van der Waals surface area contributed by atoms with E-state index in [1.165, 1.54) is 5.56 Å². The largest absolute Gasteiger partial charge is 0.368 e. The summed E-state index contributed by atoms with van der Waals surface area (Å²) in [5.74, 6) is 2.27. The molecule has 0 spiro atoms. The lowest BCUT2D eigenvalue weighted by molar-refractivity contribution is 0.466. The molecule has 0 bridgehead atoms. The molecular formula is C17H23N5S. The van der Waals surface area contributed by atoms with E-state index in [1.807, 2.05) is 12.3 Å². The molecule has 1 aliphatic heterocycles. The van der Waals surface area contributed by atoms with E-state index in [-0.39, 0.29) is 0 Å². The number of hydrogen-bond donors (Lipinski definition) is 3. The molecule has 0 saturated carbocycles. The Labute approximate surface area is 141 Å². The first-order valence-corrected chi connectivity index (χ1v) is 8.94. The van der Waals surface area contributed by atoms with E-state index in [9.17, 15) is 0 Å². The van der Waals surface area contributed by atoms with Gasteiger partial charge in [-0.2, -0.15) is 0 Å². The van der Waals surface area contributed by atoms with Crippen LogP contribution in [0.25, 0.3) is 0 Å². The fourth-order valence-electron chi connectivity index (χ4n) is 2.72. The van der Waals surface area contributed by atoms with Gasteiger partial charge in [-0.15, -0.1) is 11.8 Å². The van der Waals surface area contributed by atoms with Crippen molar-refractivity contribution in [2.24, 2.45) is 5.92 Å². The van der Waals surface area contributed by atoms with Crippen LogP contribution in [-0.4, -0.2) is 28.6 Å². The molecule has 1 saturated heterocycles. The van der Waals surface area contributed by atoms with E-state index in [4.69, 9.17) is 0 Å². The van der Waals surface area contributed by atoms with E-state index < -0.39 is 0 Å². The molecule has 1 aromatic carbocycles. The number of hydrogen-bond acceptors (Lipinski definition) is 6. The van der Waals surface area contributed by atoms with Crippen molar-refractivity contribution in [2.75, 3.05) is 11.9 Å². The monoisotopic (exact) mass is 329 g/mol. The molecule has 122 valence electrons. The molecule has 0 radical (unpaired) electrons. The van der Waals surface area contributed by atoms with Gasteiger partial charge in [0.1, 0.15) is 10.8 Å². The summed E-state index contributed by atoms with van der Waals surface area (Å²) in [5, 5.41) is 4.37. The summed E-state index contributed by atoms with van der Waals surface area (Å²) < 4.78 is 0. The second kappa shape index (κ2) is 7.77. The number of rotatable bonds is 6. The standard InChI is InChI=1S/C17H23N5S/c1-12-15(13(2)22-21-12)8-19-16-9-18-10-17(20-16)23-11-14-6-4-3-5-7-14/h3-7,9-10,12-13,15,21-22H,8,11H2,1-2H3,(H,19,20). The third-order valence-electron chi connectivity index (χ3n) is 4.18. The van der Waals surface area contributed by atoms with Crippen LogP contribution in [0.1, 0.15) is 19.4 Å². The van der Waals surface area contributed by atoms with Gasteiger partial charge in [0.05, 0.1) is 12.4 Å². The number of anilines is 1. The van der Waals surface area contributed by atoms with Crippen LogP contribution < -0.4 is 16.2 Å². The van der Waals surface area contributed by atoms with Gasteiger partial charge in [0.2, 0.25) is 0 Å². The van der Waals surface area contributed by atoms with Crippen LogP contribution in [0.5, 0.6) is 0 Å². The van der Waals surface area contributed by atoms with Crippen molar-refractivity contribution in [3.8, 4) is 0 Å². The van der Waals surface area contributed by atoms with Crippen LogP contribution in [0.2, 0.25) is 0 Å². The van der Waals surface area contributed by atoms with Crippen LogP contribution in [0.15, 0.2) is 47.8 Å². The van der Waals surface area contributed by atoms with E-state index in [2.05, 4.69) is 64.2 Å². The molecule has 6 heteroatoms. The zero-order chi connectivity index (χ0) is 16.1. The molecule has 1 aromatic heterocycles. The Morgan fingerprint density at radius 1 is 1.09 bits per heavy atom.